The van der Waals surface area contributed by atoms with Crippen molar-refractivity contribution in [3.05, 3.63) is 39.2 Å². The molecule has 0 spiro atoms. The lowest BCUT2D eigenvalue weighted by molar-refractivity contribution is -0.120. The van der Waals surface area contributed by atoms with Gasteiger partial charge in [-0.3, -0.25) is 4.79 Å². The third kappa shape index (κ3) is 3.91. The maximum atomic E-state index is 11.8. The SMILES string of the molecule is CCc1nc(CC(=O)NCc2cc(C(=O)O)c(C)o2)cs1. The van der Waals surface area contributed by atoms with Gasteiger partial charge in [0.05, 0.1) is 23.7 Å². The predicted molar refractivity (Wildman–Crippen MR) is 77.4 cm³/mol. The lowest BCUT2D eigenvalue weighted by Crippen LogP contribution is -2.24. The van der Waals surface area contributed by atoms with E-state index in [1.807, 2.05) is 12.3 Å². The minimum atomic E-state index is -1.04. The number of hydrogen-bond donors (Lipinski definition) is 2. The molecular formula is C14H16N2O4S. The number of carbonyl (C=O) groups is 2. The molecule has 2 aromatic heterocycles. The summed E-state index contributed by atoms with van der Waals surface area (Å²) in [4.78, 5) is 27.0. The number of hydrogen-bond acceptors (Lipinski definition) is 5. The van der Waals surface area contributed by atoms with Crippen LogP contribution in [0.5, 0.6) is 0 Å². The van der Waals surface area contributed by atoms with E-state index in [9.17, 15) is 9.59 Å². The van der Waals surface area contributed by atoms with Crippen LogP contribution in [-0.4, -0.2) is 22.0 Å². The molecule has 0 unspecified atom stereocenters. The van der Waals surface area contributed by atoms with Crippen LogP contribution >= 0.6 is 11.3 Å². The first-order valence-electron chi connectivity index (χ1n) is 6.52. The van der Waals surface area contributed by atoms with Gasteiger partial charge in [0.15, 0.2) is 0 Å². The number of aromatic carboxylic acids is 1. The number of aromatic nitrogens is 1. The summed E-state index contributed by atoms with van der Waals surface area (Å²) >= 11 is 1.54. The standard InChI is InChI=1S/C14H16N2O4S/c1-3-13-16-9(7-21-13)4-12(17)15-6-10-5-11(14(18)19)8(2)20-10/h5,7H,3-4,6H2,1-2H3,(H,15,17)(H,18,19). The average Bonchev–Trinajstić information content (AvgIpc) is 3.03. The van der Waals surface area contributed by atoms with Crippen LogP contribution in [0.1, 0.15) is 39.5 Å². The number of carbonyl (C=O) groups excluding carboxylic acids is 1. The van der Waals surface area contributed by atoms with Crippen LogP contribution in [0.4, 0.5) is 0 Å². The van der Waals surface area contributed by atoms with Gasteiger partial charge in [0.1, 0.15) is 17.1 Å². The summed E-state index contributed by atoms with van der Waals surface area (Å²) in [6, 6.07) is 1.43. The van der Waals surface area contributed by atoms with Gasteiger partial charge in [-0.15, -0.1) is 11.3 Å². The number of amides is 1. The van der Waals surface area contributed by atoms with Crippen LogP contribution in [0.25, 0.3) is 0 Å². The molecule has 1 amide bonds. The first kappa shape index (κ1) is 15.2. The molecule has 0 saturated heterocycles. The molecule has 21 heavy (non-hydrogen) atoms. The fourth-order valence-corrected chi connectivity index (χ4v) is 2.59. The number of aryl methyl sites for hydroxylation is 2. The van der Waals surface area contributed by atoms with Crippen molar-refractivity contribution in [3.63, 3.8) is 0 Å². The van der Waals surface area contributed by atoms with E-state index in [4.69, 9.17) is 9.52 Å². The Morgan fingerprint density at radius 1 is 1.48 bits per heavy atom. The highest BCUT2D eigenvalue weighted by Gasteiger charge is 2.14. The van der Waals surface area contributed by atoms with Crippen LogP contribution < -0.4 is 5.32 Å². The van der Waals surface area contributed by atoms with Gasteiger partial charge in [-0.25, -0.2) is 9.78 Å². The van der Waals surface area contributed by atoms with Gasteiger partial charge in [0.25, 0.3) is 0 Å². The molecule has 0 saturated carbocycles. The van der Waals surface area contributed by atoms with E-state index >= 15 is 0 Å². The Labute approximate surface area is 125 Å². The molecule has 0 aliphatic carbocycles. The van der Waals surface area contributed by atoms with Gasteiger partial charge in [0, 0.05) is 5.38 Å². The minimum absolute atomic E-state index is 0.117. The molecule has 0 aromatic carbocycles. The second-order valence-electron chi connectivity index (χ2n) is 4.53. The Morgan fingerprint density at radius 3 is 2.81 bits per heavy atom. The molecule has 0 bridgehead atoms. The third-order valence-electron chi connectivity index (χ3n) is 2.90. The van der Waals surface area contributed by atoms with Gasteiger partial charge in [-0.2, -0.15) is 0 Å². The lowest BCUT2D eigenvalue weighted by atomic mass is 10.2. The number of thiazole rings is 1. The van der Waals surface area contributed by atoms with E-state index < -0.39 is 5.97 Å². The summed E-state index contributed by atoms with van der Waals surface area (Å²) in [5.74, 6) is -0.457. The van der Waals surface area contributed by atoms with Crippen LogP contribution in [0, 0.1) is 6.92 Å². The molecule has 0 atom stereocenters. The third-order valence-corrected chi connectivity index (χ3v) is 3.94. The Bertz CT molecular complexity index is 660. The maximum Gasteiger partial charge on any atom is 0.339 e. The summed E-state index contributed by atoms with van der Waals surface area (Å²) in [6.07, 6.45) is 1.07. The topological polar surface area (TPSA) is 92.4 Å². The van der Waals surface area contributed by atoms with Crippen molar-refractivity contribution in [2.45, 2.75) is 33.2 Å². The number of rotatable bonds is 6. The van der Waals surface area contributed by atoms with E-state index in [0.717, 1.165) is 17.1 Å². The first-order valence-corrected chi connectivity index (χ1v) is 7.40. The zero-order valence-corrected chi connectivity index (χ0v) is 12.6. The quantitative estimate of drug-likeness (QED) is 0.853. The van der Waals surface area contributed by atoms with Gasteiger partial charge in [-0.1, -0.05) is 6.92 Å². The second-order valence-corrected chi connectivity index (χ2v) is 5.47. The zero-order chi connectivity index (χ0) is 15.4. The summed E-state index contributed by atoms with van der Waals surface area (Å²) < 4.78 is 5.29. The molecule has 2 aromatic rings. The summed E-state index contributed by atoms with van der Waals surface area (Å²) in [5.41, 5.74) is 0.863. The Balaban J connectivity index is 1.89. The largest absolute Gasteiger partial charge is 0.478 e. The molecule has 2 heterocycles. The first-order chi connectivity index (χ1) is 9.99. The van der Waals surface area contributed by atoms with Crippen LogP contribution in [-0.2, 0) is 24.2 Å². The molecule has 0 fully saturated rings. The summed E-state index contributed by atoms with van der Waals surface area (Å²) in [7, 11) is 0. The fourth-order valence-electron chi connectivity index (χ4n) is 1.85. The summed E-state index contributed by atoms with van der Waals surface area (Å²) in [6.45, 7) is 3.76. The molecule has 0 radical (unpaired) electrons. The van der Waals surface area contributed by atoms with Crippen LogP contribution in [0.15, 0.2) is 15.9 Å². The van der Waals surface area contributed by atoms with Crippen molar-refractivity contribution in [2.24, 2.45) is 0 Å². The normalized spacial score (nSPS) is 10.6. The Morgan fingerprint density at radius 2 is 2.24 bits per heavy atom. The molecular weight excluding hydrogens is 292 g/mol. The van der Waals surface area contributed by atoms with Crippen molar-refractivity contribution in [3.8, 4) is 0 Å². The maximum absolute atomic E-state index is 11.8. The van der Waals surface area contributed by atoms with Gasteiger partial charge in [0.2, 0.25) is 5.91 Å². The Hall–Kier alpha value is -2.15. The van der Waals surface area contributed by atoms with Crippen molar-refractivity contribution in [1.82, 2.24) is 10.3 Å². The number of carboxylic acids is 1. The molecule has 0 aliphatic rings. The fraction of sp³-hybridized carbons (Fsp3) is 0.357. The van der Waals surface area contributed by atoms with Gasteiger partial charge in [-0.05, 0) is 19.4 Å². The predicted octanol–water partition coefficient (Wildman–Crippen LogP) is 2.16. The highest BCUT2D eigenvalue weighted by Crippen LogP contribution is 2.14. The van der Waals surface area contributed by atoms with E-state index in [-0.39, 0.29) is 24.4 Å². The zero-order valence-electron chi connectivity index (χ0n) is 11.8. The smallest absolute Gasteiger partial charge is 0.339 e. The molecule has 2 N–H and O–H groups in total. The van der Waals surface area contributed by atoms with Gasteiger partial charge < -0.3 is 14.8 Å². The second kappa shape index (κ2) is 6.53. The number of carboxylic acid groups (broad SMARTS) is 1. The number of furan rings is 1. The van der Waals surface area contributed by atoms with Crippen molar-refractivity contribution in [1.29, 1.82) is 0 Å². The molecule has 7 heteroatoms. The van der Waals surface area contributed by atoms with Crippen molar-refractivity contribution < 1.29 is 19.1 Å². The number of nitrogens with one attached hydrogen (secondary N) is 1. The van der Waals surface area contributed by atoms with Gasteiger partial charge >= 0.3 is 5.97 Å². The van der Waals surface area contributed by atoms with E-state index in [1.165, 1.54) is 17.4 Å². The average molecular weight is 308 g/mol. The molecule has 0 aliphatic heterocycles. The van der Waals surface area contributed by atoms with Crippen LogP contribution in [0.2, 0.25) is 0 Å². The minimum Gasteiger partial charge on any atom is -0.478 e. The highest BCUT2D eigenvalue weighted by atomic mass is 32.1. The number of nitrogens with zero attached hydrogens (tertiary/aromatic N) is 1. The lowest BCUT2D eigenvalue weighted by Gasteiger charge is -2.01. The highest BCUT2D eigenvalue weighted by molar-refractivity contribution is 7.09. The summed E-state index contributed by atoms with van der Waals surface area (Å²) in [5, 5.41) is 14.5. The molecule has 6 nitrogen and oxygen atoms in total. The van der Waals surface area contributed by atoms with E-state index in [0.29, 0.717) is 11.5 Å². The van der Waals surface area contributed by atoms with Crippen molar-refractivity contribution >= 4 is 23.2 Å². The molecule has 2 rings (SSSR count). The Kier molecular flexibility index (Phi) is 4.74. The van der Waals surface area contributed by atoms with E-state index in [2.05, 4.69) is 10.3 Å². The van der Waals surface area contributed by atoms with E-state index in [1.54, 1.807) is 6.92 Å². The molecule has 112 valence electrons. The van der Waals surface area contributed by atoms with Crippen LogP contribution in [0.3, 0.4) is 0 Å². The van der Waals surface area contributed by atoms with Crippen molar-refractivity contribution in [2.75, 3.05) is 0 Å². The monoisotopic (exact) mass is 308 g/mol.